The van der Waals surface area contributed by atoms with Crippen LogP contribution in [0.3, 0.4) is 0 Å². The lowest BCUT2D eigenvalue weighted by Crippen LogP contribution is -2.55. The van der Waals surface area contributed by atoms with Gasteiger partial charge in [0, 0.05) is 28.2 Å². The molecule has 0 aromatic heterocycles. The molecule has 0 heterocycles. The maximum Gasteiger partial charge on any atom is 0.480 e. The van der Waals surface area contributed by atoms with E-state index in [0.717, 1.165) is 94.1 Å². The van der Waals surface area contributed by atoms with Crippen molar-refractivity contribution in [2.75, 3.05) is 33.9 Å². The molecule has 3 aromatic rings. The van der Waals surface area contributed by atoms with Crippen molar-refractivity contribution in [2.24, 2.45) is 70.0 Å². The van der Waals surface area contributed by atoms with E-state index in [0.29, 0.717) is 22.2 Å². The van der Waals surface area contributed by atoms with Crippen molar-refractivity contribution in [1.82, 2.24) is 0 Å². The lowest BCUT2D eigenvalue weighted by Gasteiger charge is -2.63. The van der Waals surface area contributed by atoms with Crippen molar-refractivity contribution in [3.05, 3.63) is 107 Å². The van der Waals surface area contributed by atoms with Gasteiger partial charge in [0.2, 0.25) is 20.0 Å². The van der Waals surface area contributed by atoms with Crippen LogP contribution in [0.2, 0.25) is 6.82 Å². The second-order valence-corrected chi connectivity index (χ2v) is 25.0. The van der Waals surface area contributed by atoms with Gasteiger partial charge in [0.05, 0.1) is 20.4 Å². The summed E-state index contributed by atoms with van der Waals surface area (Å²) in [5.74, 6) is 16.6. The molecule has 6 bridgehead atoms. The number of rotatable bonds is 8. The van der Waals surface area contributed by atoms with Gasteiger partial charge in [0.25, 0.3) is 0 Å². The van der Waals surface area contributed by atoms with Gasteiger partial charge in [-0.25, -0.2) is 16.8 Å². The van der Waals surface area contributed by atoms with Crippen LogP contribution in [0, 0.1) is 94.7 Å². The van der Waals surface area contributed by atoms with Crippen molar-refractivity contribution in [1.29, 1.82) is 0 Å². The molecular formula is C63H101B2N3O6S3. The topological polar surface area (TPSA) is 159 Å². The summed E-state index contributed by atoms with van der Waals surface area (Å²) in [7, 11) is -3.45. The molecule has 4 unspecified atom stereocenters. The summed E-state index contributed by atoms with van der Waals surface area (Å²) in [6.07, 6.45) is 30.3. The molecular weight excluding hydrogens is 1010 g/mol. The summed E-state index contributed by atoms with van der Waals surface area (Å²) in [6.45, 7) is 30.9. The summed E-state index contributed by atoms with van der Waals surface area (Å²) >= 11 is 3.53. The molecule has 7 saturated carbocycles. The van der Waals surface area contributed by atoms with E-state index in [4.69, 9.17) is 28.6 Å². The fourth-order valence-electron chi connectivity index (χ4n) is 11.9. The summed E-state index contributed by atoms with van der Waals surface area (Å²) in [4.78, 5) is 0. The molecule has 9 aliphatic carbocycles. The predicted molar refractivity (Wildman–Crippen MR) is 341 cm³/mol. The average Bonchev–Trinajstić information content (AvgIpc) is 3.40. The lowest BCUT2D eigenvalue weighted by atomic mass is 9.42. The molecule has 0 saturated heterocycles. The molecule has 0 aliphatic heterocycles. The highest BCUT2D eigenvalue weighted by molar-refractivity contribution is 7.92. The number of terminal acetylenes is 2. The van der Waals surface area contributed by atoms with E-state index in [1.165, 1.54) is 31.7 Å². The smallest absolute Gasteiger partial charge is 0.424 e. The molecule has 8 atom stereocenters. The van der Waals surface area contributed by atoms with Gasteiger partial charge in [-0.05, 0) is 201 Å². The molecule has 12 rings (SSSR count). The van der Waals surface area contributed by atoms with Crippen LogP contribution in [0.5, 0.6) is 0 Å². The maximum absolute atomic E-state index is 10.9. The number of nitrogen functional groups attached to an aromatic ring is 1. The third-order valence-corrected chi connectivity index (χ3v) is 17.6. The minimum atomic E-state index is -3.26. The summed E-state index contributed by atoms with van der Waals surface area (Å²) in [5, 5.41) is 17.2. The number of fused-ring (bicyclic) bond motifs is 5. The van der Waals surface area contributed by atoms with Gasteiger partial charge in [-0.15, -0.1) is 12.8 Å². The van der Waals surface area contributed by atoms with Crippen LogP contribution in [0.1, 0.15) is 158 Å². The van der Waals surface area contributed by atoms with Crippen LogP contribution in [0.25, 0.3) is 6.08 Å². The number of allylic oxidation sites excluding steroid dienone is 2. The van der Waals surface area contributed by atoms with Crippen LogP contribution < -0.4 is 15.2 Å². The highest BCUT2D eigenvalue weighted by Crippen LogP contribution is 2.65. The molecule has 9 aliphatic rings. The van der Waals surface area contributed by atoms with Crippen LogP contribution in [-0.4, -0.2) is 60.6 Å². The third-order valence-electron chi connectivity index (χ3n) is 16.4. The van der Waals surface area contributed by atoms with Gasteiger partial charge < -0.3 is 15.8 Å². The zero-order chi connectivity index (χ0) is 59.5. The molecule has 2 radical (unpaired) electrons. The molecule has 9 nitrogen and oxygen atoms in total. The highest BCUT2D eigenvalue weighted by atomic mass is 32.2. The summed E-state index contributed by atoms with van der Waals surface area (Å²) < 4.78 is 48.1. The standard InChI is InChI=1S/C19H32.C10H16.C9H12BNO4S.C9H9NO2S.C8H7N.3C2H6.CH3B.CH4S/c1-11-14-5-13(6-14)7-15(11)8-16-9-17-10-18(12(16)2)19(17,3)4;1-7-4-5-8-6-9(7)10(8,2)3;1-16(14,15)11-9-4-2-8(3-5-9)6-7-10(12)13;1-3-8-4-6-9(7-5-8)10-13(2,11)12;1-2-7-3-5-8(9)6-4-7;5*1-2/h11-18H,5-10H2,1-4H3;4,8-9H,5-6H2,1-3H3;2-7,11-13H,1H3;1,4-7,10H,2H3;1,3-6H,9H2;3*1-2H3;1H3;2H,1H3/b;;7-6+;;;;;;;/t11?,12?,13?,14?,15?,16?,17-,18-;8-,9-;;;;;;;;/m11......../s1. The van der Waals surface area contributed by atoms with E-state index in [1.54, 1.807) is 111 Å². The van der Waals surface area contributed by atoms with E-state index < -0.39 is 27.2 Å². The third kappa shape index (κ3) is 23.7. The highest BCUT2D eigenvalue weighted by Gasteiger charge is 2.57. The lowest BCUT2D eigenvalue weighted by molar-refractivity contribution is -0.138. The van der Waals surface area contributed by atoms with Gasteiger partial charge >= 0.3 is 7.12 Å². The fraction of sp³-hybridized carbons (Fsp3) is 0.587. The predicted octanol–water partition coefficient (Wildman–Crippen LogP) is 14.6. The molecule has 0 spiro atoms. The molecule has 6 N–H and O–H groups in total. The monoisotopic (exact) mass is 1110 g/mol. The Morgan fingerprint density at radius 1 is 0.688 bits per heavy atom. The minimum Gasteiger partial charge on any atom is -0.424 e. The van der Waals surface area contributed by atoms with Gasteiger partial charge in [0.1, 0.15) is 0 Å². The number of hydrogen-bond donors (Lipinski definition) is 6. The first-order valence-corrected chi connectivity index (χ1v) is 32.6. The van der Waals surface area contributed by atoms with Crippen molar-refractivity contribution < 1.29 is 26.9 Å². The first-order chi connectivity index (χ1) is 36.3. The van der Waals surface area contributed by atoms with Crippen molar-refractivity contribution in [3.8, 4) is 24.7 Å². The van der Waals surface area contributed by atoms with E-state index in [9.17, 15) is 16.8 Å². The number of anilines is 3. The van der Waals surface area contributed by atoms with E-state index in [-0.39, 0.29) is 0 Å². The number of nitrogens with two attached hydrogens (primary N) is 1. The van der Waals surface area contributed by atoms with Gasteiger partial charge in [-0.3, -0.25) is 9.44 Å². The average molecular weight is 1110 g/mol. The Hall–Kier alpha value is -4.04. The van der Waals surface area contributed by atoms with Crippen molar-refractivity contribution in [2.45, 2.75) is 148 Å². The second kappa shape index (κ2) is 35.5. The first kappa shape index (κ1) is 73.0. The number of benzene rings is 3. The Kier molecular flexibility index (Phi) is 33.7. The zero-order valence-electron chi connectivity index (χ0n) is 50.3. The van der Waals surface area contributed by atoms with Crippen LogP contribution in [-0.2, 0) is 20.0 Å². The molecule has 14 heteroatoms. The van der Waals surface area contributed by atoms with E-state index in [1.807, 2.05) is 53.7 Å². The molecule has 7 fully saturated rings. The largest absolute Gasteiger partial charge is 0.480 e. The fourth-order valence-corrected chi connectivity index (χ4v) is 13.0. The number of nitrogens with one attached hydrogen (secondary N) is 2. The number of thiol groups is 1. The maximum atomic E-state index is 10.9. The normalized spacial score (nSPS) is 25.4. The van der Waals surface area contributed by atoms with Gasteiger partial charge in [0.15, 0.2) is 0 Å². The van der Waals surface area contributed by atoms with Crippen molar-refractivity contribution in [3.63, 3.8) is 0 Å². The molecule has 77 heavy (non-hydrogen) atoms. The van der Waals surface area contributed by atoms with Crippen LogP contribution >= 0.6 is 12.6 Å². The van der Waals surface area contributed by atoms with Gasteiger partial charge in [-0.2, -0.15) is 12.6 Å². The quantitative estimate of drug-likeness (QED) is 0.0431. The van der Waals surface area contributed by atoms with Crippen LogP contribution in [0.4, 0.5) is 17.1 Å². The Labute approximate surface area is 478 Å². The van der Waals surface area contributed by atoms with Crippen LogP contribution in [0.15, 0.2) is 90.4 Å². The van der Waals surface area contributed by atoms with E-state index >= 15 is 0 Å². The SMILES string of the molecule is C#Cc1ccc(N)cc1.C#Cc1ccc(NS(C)(=O)=O)cc1.CC.CC.CC.CC1=CC[C@@H]2C[C@H]1C2(C)C.CC1C2CC(C2)CC1CC1C[C@@H]2C[C@H](C1C)C2(C)C.CS.CS(=O)(=O)Nc1ccc(/C=C/B(O)O)cc1.[B]C. The van der Waals surface area contributed by atoms with E-state index in [2.05, 4.69) is 96.3 Å². The Morgan fingerprint density at radius 2 is 1.13 bits per heavy atom. The first-order valence-electron chi connectivity index (χ1n) is 28.0. The summed E-state index contributed by atoms with van der Waals surface area (Å²) in [6, 6.07) is 20.3. The number of sulfonamides is 2. The van der Waals surface area contributed by atoms with Gasteiger partial charge in [-0.1, -0.05) is 138 Å². The number of hydrogen-bond acceptors (Lipinski definition) is 8. The summed E-state index contributed by atoms with van der Waals surface area (Å²) in [5.41, 5.74) is 12.4. The molecule has 0 amide bonds. The molecule has 3 aromatic carbocycles. The van der Waals surface area contributed by atoms with Crippen molar-refractivity contribution >= 4 is 70.8 Å². The Balaban J connectivity index is 0.000000918. The minimum absolute atomic E-state index is 0.462. The Bertz CT molecular complexity index is 2490. The molecule has 428 valence electrons. The zero-order valence-corrected chi connectivity index (χ0v) is 52.8. The Morgan fingerprint density at radius 3 is 1.48 bits per heavy atom. The second-order valence-electron chi connectivity index (χ2n) is 21.5.